The molecule has 0 bridgehead atoms. The van der Waals surface area contributed by atoms with E-state index < -0.39 is 0 Å². The van der Waals surface area contributed by atoms with Crippen molar-refractivity contribution >= 4 is 5.91 Å². The number of carbonyl (C=O) groups excluding carboxylic acids is 1. The summed E-state index contributed by atoms with van der Waals surface area (Å²) in [6, 6.07) is 0. The van der Waals surface area contributed by atoms with Gasteiger partial charge in [0.15, 0.2) is 0 Å². The first kappa shape index (κ1) is 10.1. The van der Waals surface area contributed by atoms with E-state index in [1.807, 2.05) is 24.1 Å². The monoisotopic (exact) mass is 182 g/mol. The van der Waals surface area contributed by atoms with E-state index in [9.17, 15) is 4.79 Å². The maximum Gasteiger partial charge on any atom is 0.222 e. The van der Waals surface area contributed by atoms with Gasteiger partial charge in [0.05, 0.1) is 0 Å². The smallest absolute Gasteiger partial charge is 0.222 e. The predicted octanol–water partition coefficient (Wildman–Crippen LogP) is 1.12. The lowest BCUT2D eigenvalue weighted by Crippen LogP contribution is -2.27. The fraction of sp³-hybridized carbons (Fsp3) is 0.700. The minimum atomic E-state index is 0.325. The Balaban J connectivity index is 2.02. The Hall–Kier alpha value is -0.990. The first-order chi connectivity index (χ1) is 6.34. The molecule has 0 saturated carbocycles. The van der Waals surface area contributed by atoms with Crippen molar-refractivity contribution in [3.63, 3.8) is 0 Å². The van der Waals surface area contributed by atoms with Gasteiger partial charge in [-0.3, -0.25) is 4.79 Å². The molecule has 3 heteroatoms. The molecule has 0 aromatic heterocycles. The van der Waals surface area contributed by atoms with E-state index in [0.717, 1.165) is 38.9 Å². The lowest BCUT2D eigenvalue weighted by Gasteiger charge is -2.14. The molecule has 1 amide bonds. The van der Waals surface area contributed by atoms with Crippen LogP contribution in [0, 0.1) is 0 Å². The maximum atomic E-state index is 11.2. The first-order valence-corrected chi connectivity index (χ1v) is 4.97. The summed E-state index contributed by atoms with van der Waals surface area (Å²) in [6.45, 7) is 4.80. The van der Waals surface area contributed by atoms with Crippen LogP contribution < -0.4 is 5.32 Å². The van der Waals surface area contributed by atoms with Crippen molar-refractivity contribution in [1.82, 2.24) is 10.2 Å². The number of rotatable bonds is 5. The number of nitrogens with one attached hydrogen (secondary N) is 1. The standard InChI is InChI=1S/C10H18N2O/c1-2-6-11-7-4-9-12-8-3-5-10(12)13/h2,6,11H,3-5,7-9H2,1H3. The van der Waals surface area contributed by atoms with E-state index >= 15 is 0 Å². The summed E-state index contributed by atoms with van der Waals surface area (Å²) in [7, 11) is 0. The second-order valence-corrected chi connectivity index (χ2v) is 3.29. The summed E-state index contributed by atoms with van der Waals surface area (Å²) >= 11 is 0. The van der Waals surface area contributed by atoms with Gasteiger partial charge in [0.2, 0.25) is 5.91 Å². The van der Waals surface area contributed by atoms with Crippen LogP contribution in [0.1, 0.15) is 26.2 Å². The second-order valence-electron chi connectivity index (χ2n) is 3.29. The van der Waals surface area contributed by atoms with Crippen LogP contribution in [-0.4, -0.2) is 30.4 Å². The molecule has 0 aromatic carbocycles. The molecule has 1 heterocycles. The summed E-state index contributed by atoms with van der Waals surface area (Å²) in [5.41, 5.74) is 0. The van der Waals surface area contributed by atoms with Gasteiger partial charge in [0.1, 0.15) is 0 Å². The van der Waals surface area contributed by atoms with E-state index in [4.69, 9.17) is 0 Å². The molecule has 0 radical (unpaired) electrons. The Bertz CT molecular complexity index is 189. The zero-order chi connectivity index (χ0) is 9.52. The second kappa shape index (κ2) is 5.62. The molecular formula is C10H18N2O. The molecule has 1 aliphatic heterocycles. The van der Waals surface area contributed by atoms with Crippen LogP contribution >= 0.6 is 0 Å². The zero-order valence-corrected chi connectivity index (χ0v) is 8.25. The number of likely N-dealkylation sites (tertiary alicyclic amines) is 1. The molecule has 1 aliphatic rings. The van der Waals surface area contributed by atoms with Crippen molar-refractivity contribution in [3.8, 4) is 0 Å². The third-order valence-corrected chi connectivity index (χ3v) is 2.21. The molecule has 1 rings (SSSR count). The molecule has 0 aromatic rings. The van der Waals surface area contributed by atoms with E-state index in [1.54, 1.807) is 0 Å². The Morgan fingerprint density at radius 3 is 3.08 bits per heavy atom. The minimum Gasteiger partial charge on any atom is -0.391 e. The minimum absolute atomic E-state index is 0.325. The highest BCUT2D eigenvalue weighted by molar-refractivity contribution is 5.77. The third kappa shape index (κ3) is 3.49. The summed E-state index contributed by atoms with van der Waals surface area (Å²) in [5.74, 6) is 0.325. The molecular weight excluding hydrogens is 164 g/mol. The highest BCUT2D eigenvalue weighted by Gasteiger charge is 2.18. The molecule has 0 atom stereocenters. The Morgan fingerprint density at radius 2 is 2.46 bits per heavy atom. The molecule has 1 N–H and O–H groups in total. The first-order valence-electron chi connectivity index (χ1n) is 4.97. The molecule has 74 valence electrons. The van der Waals surface area contributed by atoms with Gasteiger partial charge >= 0.3 is 0 Å². The van der Waals surface area contributed by atoms with E-state index in [-0.39, 0.29) is 0 Å². The average molecular weight is 182 g/mol. The van der Waals surface area contributed by atoms with Crippen molar-refractivity contribution in [2.45, 2.75) is 26.2 Å². The quantitative estimate of drug-likeness (QED) is 0.646. The lowest BCUT2D eigenvalue weighted by molar-refractivity contribution is -0.127. The van der Waals surface area contributed by atoms with Gasteiger partial charge in [-0.05, 0) is 26.0 Å². The Kier molecular flexibility index (Phi) is 4.36. The molecule has 13 heavy (non-hydrogen) atoms. The van der Waals surface area contributed by atoms with E-state index in [2.05, 4.69) is 5.32 Å². The summed E-state index contributed by atoms with van der Waals surface area (Å²) < 4.78 is 0. The number of amides is 1. The fourth-order valence-corrected chi connectivity index (χ4v) is 1.51. The van der Waals surface area contributed by atoms with Gasteiger partial charge in [-0.15, -0.1) is 0 Å². The molecule has 0 spiro atoms. The summed E-state index contributed by atoms with van der Waals surface area (Å²) in [6.07, 6.45) is 6.74. The largest absolute Gasteiger partial charge is 0.391 e. The van der Waals surface area contributed by atoms with Crippen molar-refractivity contribution in [3.05, 3.63) is 12.3 Å². The normalized spacial score (nSPS) is 17.3. The highest BCUT2D eigenvalue weighted by atomic mass is 16.2. The Morgan fingerprint density at radius 1 is 1.62 bits per heavy atom. The van der Waals surface area contributed by atoms with Crippen LogP contribution in [0.4, 0.5) is 0 Å². The molecule has 1 fully saturated rings. The Labute approximate surface area is 79.8 Å². The van der Waals surface area contributed by atoms with Gasteiger partial charge in [-0.2, -0.15) is 0 Å². The van der Waals surface area contributed by atoms with Crippen LogP contribution in [0.25, 0.3) is 0 Å². The van der Waals surface area contributed by atoms with Crippen molar-refractivity contribution in [2.75, 3.05) is 19.6 Å². The molecule has 0 aliphatic carbocycles. The van der Waals surface area contributed by atoms with Gasteiger partial charge in [0.25, 0.3) is 0 Å². The molecule has 3 nitrogen and oxygen atoms in total. The van der Waals surface area contributed by atoms with Crippen molar-refractivity contribution < 1.29 is 4.79 Å². The summed E-state index contributed by atoms with van der Waals surface area (Å²) in [5, 5.41) is 3.16. The van der Waals surface area contributed by atoms with Crippen LogP contribution in [0.2, 0.25) is 0 Å². The van der Waals surface area contributed by atoms with Gasteiger partial charge in [-0.25, -0.2) is 0 Å². The lowest BCUT2D eigenvalue weighted by atomic mass is 10.4. The van der Waals surface area contributed by atoms with Crippen LogP contribution in [0.3, 0.4) is 0 Å². The van der Waals surface area contributed by atoms with E-state index in [0.29, 0.717) is 5.91 Å². The van der Waals surface area contributed by atoms with Crippen LogP contribution in [-0.2, 0) is 4.79 Å². The highest BCUT2D eigenvalue weighted by Crippen LogP contribution is 2.09. The topological polar surface area (TPSA) is 32.3 Å². The molecule has 1 saturated heterocycles. The number of hydrogen-bond acceptors (Lipinski definition) is 2. The SMILES string of the molecule is CC=CNCCCN1CCCC1=O. The average Bonchev–Trinajstić information content (AvgIpc) is 2.52. The van der Waals surface area contributed by atoms with Gasteiger partial charge < -0.3 is 10.2 Å². The number of nitrogens with zero attached hydrogens (tertiary/aromatic N) is 1. The zero-order valence-electron chi connectivity index (χ0n) is 8.25. The number of hydrogen-bond donors (Lipinski definition) is 1. The maximum absolute atomic E-state index is 11.2. The third-order valence-electron chi connectivity index (χ3n) is 2.21. The van der Waals surface area contributed by atoms with Crippen LogP contribution in [0.15, 0.2) is 12.3 Å². The van der Waals surface area contributed by atoms with Crippen molar-refractivity contribution in [1.29, 1.82) is 0 Å². The van der Waals surface area contributed by atoms with Crippen molar-refractivity contribution in [2.24, 2.45) is 0 Å². The van der Waals surface area contributed by atoms with Gasteiger partial charge in [-0.1, -0.05) is 6.08 Å². The van der Waals surface area contributed by atoms with E-state index in [1.165, 1.54) is 0 Å². The number of allylic oxidation sites excluding steroid dienone is 1. The summed E-state index contributed by atoms with van der Waals surface area (Å²) in [4.78, 5) is 13.1. The number of carbonyl (C=O) groups is 1. The van der Waals surface area contributed by atoms with Crippen LogP contribution in [0.5, 0.6) is 0 Å². The predicted molar refractivity (Wildman–Crippen MR) is 53.2 cm³/mol. The van der Waals surface area contributed by atoms with Gasteiger partial charge in [0, 0.05) is 26.1 Å². The fourth-order valence-electron chi connectivity index (χ4n) is 1.51. The molecule has 0 unspecified atom stereocenters.